The summed E-state index contributed by atoms with van der Waals surface area (Å²) in [4.78, 5) is 2.14. The second-order valence-electron chi connectivity index (χ2n) is 7.81. The number of aliphatic hydroxyl groups is 1. The summed E-state index contributed by atoms with van der Waals surface area (Å²) in [7, 11) is 0. The number of aryl methyl sites for hydroxylation is 1. The van der Waals surface area contributed by atoms with E-state index in [1.807, 2.05) is 18.2 Å². The summed E-state index contributed by atoms with van der Waals surface area (Å²) in [5.41, 5.74) is 3.34. The number of hydrogen-bond acceptors (Lipinski definition) is 4. The van der Waals surface area contributed by atoms with E-state index in [0.29, 0.717) is 25.6 Å². The zero-order chi connectivity index (χ0) is 20.1. The van der Waals surface area contributed by atoms with E-state index in [4.69, 9.17) is 9.47 Å². The van der Waals surface area contributed by atoms with Gasteiger partial charge < -0.3 is 14.6 Å². The summed E-state index contributed by atoms with van der Waals surface area (Å²) in [6.45, 7) is 9.09. The van der Waals surface area contributed by atoms with E-state index in [0.717, 1.165) is 17.9 Å². The molecule has 0 bridgehead atoms. The average Bonchev–Trinajstić information content (AvgIpc) is 2.66. The second-order valence-corrected chi connectivity index (χ2v) is 7.81. The Balaban J connectivity index is 0.00000300. The first-order chi connectivity index (χ1) is 13.4. The predicted octanol–water partition coefficient (Wildman–Crippen LogP) is 4.49. The van der Waals surface area contributed by atoms with Gasteiger partial charge in [0, 0.05) is 19.6 Å². The van der Waals surface area contributed by atoms with Crippen LogP contribution in [-0.4, -0.2) is 49.0 Å². The van der Waals surface area contributed by atoms with Crippen LogP contribution in [0.1, 0.15) is 42.6 Å². The third kappa shape index (κ3) is 6.68. The molecule has 2 atom stereocenters. The van der Waals surface area contributed by atoms with Crippen molar-refractivity contribution in [3.8, 4) is 5.75 Å². The molecule has 0 spiro atoms. The van der Waals surface area contributed by atoms with Gasteiger partial charge in [-0.1, -0.05) is 32.0 Å². The van der Waals surface area contributed by atoms with Crippen LogP contribution < -0.4 is 4.74 Å². The third-order valence-electron chi connectivity index (χ3n) is 5.15. The molecule has 0 saturated carbocycles. The van der Waals surface area contributed by atoms with Gasteiger partial charge >= 0.3 is 0 Å². The highest BCUT2D eigenvalue weighted by Gasteiger charge is 2.24. The second kappa shape index (κ2) is 10.9. The number of nitrogens with zero attached hydrogens (tertiary/aromatic N) is 1. The molecule has 1 aliphatic heterocycles. The maximum atomic E-state index is 13.5. The first kappa shape index (κ1) is 23.6. The molecule has 0 aromatic heterocycles. The van der Waals surface area contributed by atoms with Gasteiger partial charge in [-0.05, 0) is 53.8 Å². The summed E-state index contributed by atoms with van der Waals surface area (Å²) in [5, 5.41) is 10.4. The quantitative estimate of drug-likeness (QED) is 0.712. The molecular formula is C23H31ClFNO3. The minimum atomic E-state index is -0.601. The summed E-state index contributed by atoms with van der Waals surface area (Å²) in [6, 6.07) is 12.6. The van der Waals surface area contributed by atoms with Gasteiger partial charge in [-0.25, -0.2) is 4.39 Å². The van der Waals surface area contributed by atoms with Crippen LogP contribution in [0.25, 0.3) is 0 Å². The van der Waals surface area contributed by atoms with Gasteiger partial charge in [-0.2, -0.15) is 0 Å². The topological polar surface area (TPSA) is 41.9 Å². The minimum Gasteiger partial charge on any atom is -0.491 e. The van der Waals surface area contributed by atoms with Crippen molar-refractivity contribution in [2.24, 2.45) is 0 Å². The van der Waals surface area contributed by atoms with E-state index in [2.05, 4.69) is 31.7 Å². The maximum absolute atomic E-state index is 13.5. The molecule has 3 rings (SSSR count). The van der Waals surface area contributed by atoms with Crippen LogP contribution >= 0.6 is 12.4 Å². The molecule has 6 heteroatoms. The number of rotatable bonds is 7. The highest BCUT2D eigenvalue weighted by Crippen LogP contribution is 2.24. The molecule has 160 valence electrons. The van der Waals surface area contributed by atoms with Gasteiger partial charge in [0.2, 0.25) is 0 Å². The molecule has 4 nitrogen and oxygen atoms in total. The van der Waals surface area contributed by atoms with Crippen LogP contribution in [0.4, 0.5) is 4.39 Å². The molecule has 1 fully saturated rings. The number of morpholine rings is 1. The Hall–Kier alpha value is -1.66. The zero-order valence-corrected chi connectivity index (χ0v) is 18.1. The van der Waals surface area contributed by atoms with Gasteiger partial charge in [-0.15, -0.1) is 12.4 Å². The Morgan fingerprint density at radius 3 is 2.72 bits per heavy atom. The Bertz CT molecular complexity index is 786. The van der Waals surface area contributed by atoms with E-state index in [9.17, 15) is 9.50 Å². The largest absolute Gasteiger partial charge is 0.491 e. The van der Waals surface area contributed by atoms with Crippen molar-refractivity contribution >= 4 is 12.4 Å². The van der Waals surface area contributed by atoms with E-state index < -0.39 is 6.10 Å². The Morgan fingerprint density at radius 1 is 1.24 bits per heavy atom. The normalized spacial score (nSPS) is 18.3. The molecule has 2 aromatic carbocycles. The molecule has 1 aliphatic rings. The molecule has 2 aromatic rings. The van der Waals surface area contributed by atoms with Crippen LogP contribution in [0.15, 0.2) is 42.5 Å². The lowest BCUT2D eigenvalue weighted by Crippen LogP contribution is -2.43. The lowest BCUT2D eigenvalue weighted by Gasteiger charge is -2.34. The van der Waals surface area contributed by atoms with Crippen LogP contribution in [0.2, 0.25) is 0 Å². The van der Waals surface area contributed by atoms with Crippen LogP contribution in [0.3, 0.4) is 0 Å². The SMILES string of the molecule is Cc1cc(OCC(O)CN2CCOC(c3cccc(F)c3)C2)ccc1C(C)C.Cl. The fourth-order valence-corrected chi connectivity index (χ4v) is 3.71. The van der Waals surface area contributed by atoms with Crippen LogP contribution in [0.5, 0.6) is 5.75 Å². The predicted molar refractivity (Wildman–Crippen MR) is 116 cm³/mol. The van der Waals surface area contributed by atoms with Crippen molar-refractivity contribution < 1.29 is 19.0 Å². The first-order valence-corrected chi connectivity index (χ1v) is 9.93. The number of aliphatic hydroxyl groups excluding tert-OH is 1. The Labute approximate surface area is 179 Å². The molecule has 0 aliphatic carbocycles. The Morgan fingerprint density at radius 2 is 2.03 bits per heavy atom. The summed E-state index contributed by atoms with van der Waals surface area (Å²) >= 11 is 0. The molecule has 0 amide bonds. The summed E-state index contributed by atoms with van der Waals surface area (Å²) < 4.78 is 25.0. The van der Waals surface area contributed by atoms with E-state index in [1.54, 1.807) is 6.07 Å². The lowest BCUT2D eigenvalue weighted by atomic mass is 9.98. The fourth-order valence-electron chi connectivity index (χ4n) is 3.71. The highest BCUT2D eigenvalue weighted by molar-refractivity contribution is 5.85. The molecule has 1 heterocycles. The molecular weight excluding hydrogens is 393 g/mol. The van der Waals surface area contributed by atoms with Crippen molar-refractivity contribution in [3.63, 3.8) is 0 Å². The summed E-state index contributed by atoms with van der Waals surface area (Å²) in [6.07, 6.45) is -0.778. The first-order valence-electron chi connectivity index (χ1n) is 9.93. The summed E-state index contributed by atoms with van der Waals surface area (Å²) in [5.74, 6) is 0.998. The van der Waals surface area contributed by atoms with Crippen LogP contribution in [-0.2, 0) is 4.74 Å². The zero-order valence-electron chi connectivity index (χ0n) is 17.3. The van der Waals surface area contributed by atoms with Crippen molar-refractivity contribution in [2.45, 2.75) is 38.9 Å². The van der Waals surface area contributed by atoms with E-state index in [1.165, 1.54) is 23.3 Å². The number of benzene rings is 2. The monoisotopic (exact) mass is 423 g/mol. The highest BCUT2D eigenvalue weighted by atomic mass is 35.5. The third-order valence-corrected chi connectivity index (χ3v) is 5.15. The number of β-amino-alcohol motifs (C(OH)–C–C–N with tert-alkyl or cyclic N) is 1. The van der Waals surface area contributed by atoms with E-state index >= 15 is 0 Å². The van der Waals surface area contributed by atoms with Gasteiger partial charge in [0.25, 0.3) is 0 Å². The number of ether oxygens (including phenoxy) is 2. The molecule has 1 N–H and O–H groups in total. The van der Waals surface area contributed by atoms with Crippen LogP contribution in [0, 0.1) is 12.7 Å². The van der Waals surface area contributed by atoms with Crippen molar-refractivity contribution in [1.29, 1.82) is 0 Å². The smallest absolute Gasteiger partial charge is 0.123 e. The molecule has 29 heavy (non-hydrogen) atoms. The van der Waals surface area contributed by atoms with Gasteiger partial charge in [0.1, 0.15) is 24.3 Å². The minimum absolute atomic E-state index is 0. The van der Waals surface area contributed by atoms with Gasteiger partial charge in [0.15, 0.2) is 0 Å². The van der Waals surface area contributed by atoms with Crippen molar-refractivity contribution in [1.82, 2.24) is 4.90 Å². The van der Waals surface area contributed by atoms with Gasteiger partial charge in [0.05, 0.1) is 12.7 Å². The molecule has 1 saturated heterocycles. The van der Waals surface area contributed by atoms with Crippen molar-refractivity contribution in [2.75, 3.05) is 32.8 Å². The molecule has 2 unspecified atom stereocenters. The van der Waals surface area contributed by atoms with E-state index in [-0.39, 0.29) is 30.9 Å². The number of halogens is 2. The maximum Gasteiger partial charge on any atom is 0.123 e. The Kier molecular flexibility index (Phi) is 8.90. The number of hydrogen-bond donors (Lipinski definition) is 1. The average molecular weight is 424 g/mol. The standard InChI is InChI=1S/C23H30FNO3.ClH/c1-16(2)22-8-7-21(11-17(22)3)28-15-20(26)13-25-9-10-27-23(14-25)18-5-4-6-19(24)12-18;/h4-8,11-12,16,20,23,26H,9-10,13-15H2,1-3H3;1H. The lowest BCUT2D eigenvalue weighted by molar-refractivity contribution is -0.0460. The fraction of sp³-hybridized carbons (Fsp3) is 0.478. The van der Waals surface area contributed by atoms with Gasteiger partial charge in [-0.3, -0.25) is 4.90 Å². The molecule has 0 radical (unpaired) electrons. The van der Waals surface area contributed by atoms with Crippen molar-refractivity contribution in [3.05, 3.63) is 65.0 Å².